The lowest BCUT2D eigenvalue weighted by atomic mass is 10.1. The minimum atomic E-state index is -2.21. The Balaban J connectivity index is 1.30. The summed E-state index contributed by atoms with van der Waals surface area (Å²) in [6, 6.07) is 17.4. The van der Waals surface area contributed by atoms with E-state index in [4.69, 9.17) is 21.3 Å². The number of aromatic nitrogens is 3. The number of nitrogens with one attached hydrogen (secondary N) is 2. The number of rotatable bonds is 11. The van der Waals surface area contributed by atoms with Crippen molar-refractivity contribution in [3.63, 3.8) is 0 Å². The first-order valence-electron chi connectivity index (χ1n) is 13.1. The second-order valence-electron chi connectivity index (χ2n) is 9.73. The number of anilines is 2. The van der Waals surface area contributed by atoms with Crippen molar-refractivity contribution in [2.45, 2.75) is 27.0 Å². The Morgan fingerprint density at radius 2 is 1.95 bits per heavy atom. The molecule has 3 aromatic carbocycles. The van der Waals surface area contributed by atoms with Crippen molar-refractivity contribution in [3.8, 4) is 17.0 Å². The monoisotopic (exact) mass is 623 g/mol. The van der Waals surface area contributed by atoms with Crippen LogP contribution in [0.5, 0.6) is 5.75 Å². The lowest BCUT2D eigenvalue weighted by Crippen LogP contribution is -2.26. The Bertz CT molecular complexity index is 1870. The van der Waals surface area contributed by atoms with Crippen LogP contribution in [-0.4, -0.2) is 34.8 Å². The molecule has 216 valence electrons. The average Bonchev–Trinajstić information content (AvgIpc) is 3.43. The van der Waals surface area contributed by atoms with E-state index in [-0.39, 0.29) is 24.9 Å². The maximum Gasteiger partial charge on any atom is 0.214 e. The largest absolute Gasteiger partial charge is 0.487 e. The zero-order valence-corrected chi connectivity index (χ0v) is 25.2. The molecule has 0 unspecified atom stereocenters. The van der Waals surface area contributed by atoms with E-state index in [1.54, 1.807) is 24.3 Å². The number of nitrogens with zero attached hydrogens (tertiary/aromatic N) is 3. The van der Waals surface area contributed by atoms with E-state index in [0.29, 0.717) is 39.3 Å². The molecule has 5 aromatic rings. The van der Waals surface area contributed by atoms with Crippen LogP contribution in [0.1, 0.15) is 24.4 Å². The van der Waals surface area contributed by atoms with Crippen LogP contribution < -0.4 is 15.4 Å². The summed E-state index contributed by atoms with van der Waals surface area (Å²) in [6.45, 7) is 4.66. The summed E-state index contributed by atoms with van der Waals surface area (Å²) in [5.41, 5.74) is 3.88. The topological polar surface area (TPSA) is 106 Å². The van der Waals surface area contributed by atoms with Gasteiger partial charge in [0.25, 0.3) is 0 Å². The van der Waals surface area contributed by atoms with Crippen LogP contribution in [0.2, 0.25) is 5.02 Å². The molecule has 0 saturated heterocycles. The highest BCUT2D eigenvalue weighted by atomic mass is 35.5. The van der Waals surface area contributed by atoms with Gasteiger partial charge >= 0.3 is 0 Å². The number of hydrogen-bond acceptors (Lipinski definition) is 9. The van der Waals surface area contributed by atoms with Gasteiger partial charge in [-0.3, -0.25) is 0 Å². The van der Waals surface area contributed by atoms with Gasteiger partial charge in [0.15, 0.2) is 0 Å². The molecule has 0 aliphatic rings. The molecule has 0 saturated carbocycles. The minimum absolute atomic E-state index is 0.0561. The van der Waals surface area contributed by atoms with Crippen molar-refractivity contribution >= 4 is 60.5 Å². The molecule has 0 amide bonds. The first-order chi connectivity index (χ1) is 20.3. The number of halogens is 2. The molecule has 2 N–H and O–H groups in total. The Labute approximate surface area is 253 Å². The van der Waals surface area contributed by atoms with E-state index in [9.17, 15) is 12.8 Å². The third-order valence-electron chi connectivity index (χ3n) is 6.39. The highest BCUT2D eigenvalue weighted by Crippen LogP contribution is 2.32. The number of benzene rings is 3. The van der Waals surface area contributed by atoms with Gasteiger partial charge in [0.05, 0.1) is 21.1 Å². The van der Waals surface area contributed by atoms with Crippen LogP contribution in [0.4, 0.5) is 15.9 Å². The van der Waals surface area contributed by atoms with Crippen LogP contribution in [-0.2, 0) is 23.4 Å². The van der Waals surface area contributed by atoms with Crippen LogP contribution in [0, 0.1) is 11.7 Å². The Hall–Kier alpha value is -3.90. The quantitative estimate of drug-likeness (QED) is 0.157. The zero-order chi connectivity index (χ0) is 29.6. The lowest BCUT2D eigenvalue weighted by Gasteiger charge is -2.12. The number of ether oxygens (including phenoxy) is 1. The van der Waals surface area contributed by atoms with E-state index in [2.05, 4.69) is 20.6 Å². The highest BCUT2D eigenvalue weighted by Gasteiger charge is 2.12. The van der Waals surface area contributed by atoms with Crippen LogP contribution in [0.3, 0.4) is 0 Å². The molecule has 2 heterocycles. The molecule has 0 bridgehead atoms. The van der Waals surface area contributed by atoms with Crippen molar-refractivity contribution in [2.24, 2.45) is 5.92 Å². The smallest absolute Gasteiger partial charge is 0.214 e. The molecular weight excluding hydrogens is 597 g/mol. The number of hydrogen-bond donors (Lipinski definition) is 2. The summed E-state index contributed by atoms with van der Waals surface area (Å²) in [5.74, 6) is 0.708. The average molecular weight is 624 g/mol. The molecule has 8 nitrogen and oxygen atoms in total. The Morgan fingerprint density at radius 1 is 1.10 bits per heavy atom. The van der Waals surface area contributed by atoms with Crippen molar-refractivity contribution in [1.29, 1.82) is 0 Å². The van der Waals surface area contributed by atoms with E-state index < -0.39 is 10.3 Å². The number of fused-ring (bicyclic) bond motifs is 1. The first-order valence-corrected chi connectivity index (χ1v) is 15.4. The molecule has 42 heavy (non-hydrogen) atoms. The molecule has 0 atom stereocenters. The minimum Gasteiger partial charge on any atom is -0.487 e. The predicted octanol–water partition coefficient (Wildman–Crippen LogP) is 6.67. The normalized spacial score (nSPS) is 11.2. The summed E-state index contributed by atoms with van der Waals surface area (Å²) in [7, 11) is -2.21. The third-order valence-corrected chi connectivity index (χ3v) is 8.58. The summed E-state index contributed by atoms with van der Waals surface area (Å²) in [5, 5.41) is 10.5. The van der Waals surface area contributed by atoms with Gasteiger partial charge in [-0.15, -0.1) is 11.3 Å². The van der Waals surface area contributed by atoms with Crippen molar-refractivity contribution in [2.75, 3.05) is 11.9 Å². The van der Waals surface area contributed by atoms with E-state index in [1.807, 2.05) is 43.5 Å². The van der Waals surface area contributed by atoms with E-state index in [0.717, 1.165) is 27.2 Å². The molecule has 5 rings (SSSR count). The summed E-state index contributed by atoms with van der Waals surface area (Å²) in [4.78, 5) is 14.0. The van der Waals surface area contributed by atoms with E-state index in [1.165, 1.54) is 29.8 Å². The Kier molecular flexibility index (Phi) is 9.43. The van der Waals surface area contributed by atoms with Gasteiger partial charge in [-0.2, -0.15) is 8.42 Å². The van der Waals surface area contributed by atoms with Gasteiger partial charge < -0.3 is 15.4 Å². The zero-order valence-electron chi connectivity index (χ0n) is 22.8. The fraction of sp³-hybridized carbons (Fsp3) is 0.200. The van der Waals surface area contributed by atoms with Gasteiger partial charge in [0.1, 0.15) is 35.3 Å². The standard InChI is InChI=1S/C30H27ClFN5O3S2/c1-18(2)28(42(38)39)13-33-14-29-37-26(16-41-29)20-6-8-25-23(11-20)30(35-17-34-25)36-22-7-9-27(24(31)12-22)40-15-19-4-3-5-21(32)10-19/h3-12,16-18,33H,13-15H2,1-2H3,(H,34,35,36). The van der Waals surface area contributed by atoms with Crippen molar-refractivity contribution in [1.82, 2.24) is 20.3 Å². The van der Waals surface area contributed by atoms with Gasteiger partial charge in [-0.25, -0.2) is 19.3 Å². The fourth-order valence-electron chi connectivity index (χ4n) is 4.21. The second kappa shape index (κ2) is 13.4. The third kappa shape index (κ3) is 7.29. The van der Waals surface area contributed by atoms with E-state index >= 15 is 0 Å². The van der Waals surface area contributed by atoms with Crippen LogP contribution in [0.15, 0.2) is 72.4 Å². The highest BCUT2D eigenvalue weighted by molar-refractivity contribution is 7.73. The SMILES string of the molecule is CC(C)C(CNCc1nc(-c2ccc3ncnc(Nc4ccc(OCc5cccc(F)c5)c(Cl)c4)c3c2)cs1)=S(=O)=O. The Morgan fingerprint density at radius 3 is 2.71 bits per heavy atom. The maximum atomic E-state index is 13.5. The molecule has 0 aliphatic heterocycles. The van der Waals surface area contributed by atoms with Gasteiger partial charge in [-0.1, -0.05) is 43.6 Å². The van der Waals surface area contributed by atoms with Crippen molar-refractivity contribution in [3.05, 3.63) is 93.8 Å². The first kappa shape index (κ1) is 29.6. The lowest BCUT2D eigenvalue weighted by molar-refractivity contribution is 0.306. The predicted molar refractivity (Wildman–Crippen MR) is 167 cm³/mol. The van der Waals surface area contributed by atoms with Crippen molar-refractivity contribution < 1.29 is 17.5 Å². The molecule has 0 spiro atoms. The van der Waals surface area contributed by atoms with Crippen LogP contribution in [0.25, 0.3) is 22.2 Å². The summed E-state index contributed by atoms with van der Waals surface area (Å²) in [6.07, 6.45) is 1.49. The summed E-state index contributed by atoms with van der Waals surface area (Å²) >= 11 is 7.99. The molecular formula is C30H27ClFN5O3S2. The number of thiazole rings is 1. The van der Waals surface area contributed by atoms with Gasteiger partial charge in [0, 0.05) is 35.1 Å². The molecule has 2 aromatic heterocycles. The van der Waals surface area contributed by atoms with Gasteiger partial charge in [-0.05, 0) is 53.9 Å². The molecule has 12 heteroatoms. The second-order valence-corrected chi connectivity index (χ2v) is 12.1. The molecule has 0 aliphatic carbocycles. The molecule has 0 fully saturated rings. The van der Waals surface area contributed by atoms with Gasteiger partial charge in [0.2, 0.25) is 10.3 Å². The maximum absolute atomic E-state index is 13.5. The van der Waals surface area contributed by atoms with Crippen LogP contribution >= 0.6 is 22.9 Å². The molecule has 0 radical (unpaired) electrons. The summed E-state index contributed by atoms with van der Waals surface area (Å²) < 4.78 is 42.1. The fourth-order valence-corrected chi connectivity index (χ4v) is 5.82.